The van der Waals surface area contributed by atoms with Crippen molar-refractivity contribution in [2.75, 3.05) is 31.3 Å². The normalized spacial score (nSPS) is 26.0. The first-order valence-corrected chi connectivity index (χ1v) is 10.00. The number of rotatable bonds is 5. The van der Waals surface area contributed by atoms with Gasteiger partial charge in [-0.3, -0.25) is 4.79 Å². The van der Waals surface area contributed by atoms with Crippen LogP contribution in [0.2, 0.25) is 0 Å². The first-order valence-electron chi connectivity index (χ1n) is 8.17. The average molecular weight is 340 g/mol. The standard InChI is InChI=1S/C16H24N2O4S/c19-15(17-12-14-3-10-23(20,21)13-14)11-16(4-8-22-9-5-16)18-6-1-2-7-18/h1-2,6-7,14H,3-5,8-13H2,(H,17,19)/t14-/m0/s1. The highest BCUT2D eigenvalue weighted by molar-refractivity contribution is 7.91. The summed E-state index contributed by atoms with van der Waals surface area (Å²) in [7, 11) is -2.89. The van der Waals surface area contributed by atoms with E-state index in [1.165, 1.54) is 0 Å². The molecule has 1 amide bonds. The molecule has 2 aliphatic heterocycles. The average Bonchev–Trinajstić information content (AvgIpc) is 3.16. The lowest BCUT2D eigenvalue weighted by Crippen LogP contribution is -2.44. The van der Waals surface area contributed by atoms with Crippen LogP contribution in [0.3, 0.4) is 0 Å². The minimum atomic E-state index is -2.89. The van der Waals surface area contributed by atoms with Gasteiger partial charge in [0.2, 0.25) is 5.91 Å². The van der Waals surface area contributed by atoms with Crippen molar-refractivity contribution in [1.82, 2.24) is 9.88 Å². The molecule has 7 heteroatoms. The van der Waals surface area contributed by atoms with Gasteiger partial charge in [-0.15, -0.1) is 0 Å². The number of nitrogens with one attached hydrogen (secondary N) is 1. The van der Waals surface area contributed by atoms with Crippen molar-refractivity contribution >= 4 is 15.7 Å². The maximum Gasteiger partial charge on any atom is 0.222 e. The zero-order valence-electron chi connectivity index (χ0n) is 13.2. The van der Waals surface area contributed by atoms with Gasteiger partial charge >= 0.3 is 0 Å². The van der Waals surface area contributed by atoms with Gasteiger partial charge in [-0.05, 0) is 37.3 Å². The van der Waals surface area contributed by atoms with Gasteiger partial charge in [-0.25, -0.2) is 8.42 Å². The molecule has 3 heterocycles. The number of nitrogens with zero attached hydrogens (tertiary/aromatic N) is 1. The van der Waals surface area contributed by atoms with Crippen molar-refractivity contribution in [1.29, 1.82) is 0 Å². The summed E-state index contributed by atoms with van der Waals surface area (Å²) in [4.78, 5) is 12.4. The third-order valence-electron chi connectivity index (χ3n) is 4.98. The zero-order valence-corrected chi connectivity index (χ0v) is 14.1. The van der Waals surface area contributed by atoms with E-state index in [1.807, 2.05) is 24.5 Å². The molecule has 1 atom stereocenters. The summed E-state index contributed by atoms with van der Waals surface area (Å²) in [6.45, 7) is 1.77. The van der Waals surface area contributed by atoms with Crippen LogP contribution in [0.1, 0.15) is 25.7 Å². The largest absolute Gasteiger partial charge is 0.381 e. The maximum atomic E-state index is 12.4. The SMILES string of the molecule is O=C(CC1(n2cccc2)CCOCC1)NC[C@@H]1CCS(=O)(=O)C1. The lowest BCUT2D eigenvalue weighted by Gasteiger charge is -2.38. The molecule has 3 rings (SSSR count). The Morgan fingerprint density at radius 3 is 2.57 bits per heavy atom. The van der Waals surface area contributed by atoms with Crippen molar-refractivity contribution in [2.24, 2.45) is 5.92 Å². The molecule has 2 saturated heterocycles. The summed E-state index contributed by atoms with van der Waals surface area (Å²) in [5, 5.41) is 2.94. The Balaban J connectivity index is 1.58. The second-order valence-electron chi connectivity index (χ2n) is 6.68. The Morgan fingerprint density at radius 2 is 1.96 bits per heavy atom. The van der Waals surface area contributed by atoms with Gasteiger partial charge < -0.3 is 14.6 Å². The zero-order chi connectivity index (χ0) is 16.3. The van der Waals surface area contributed by atoms with Gasteiger partial charge in [-0.1, -0.05) is 0 Å². The lowest BCUT2D eigenvalue weighted by atomic mass is 9.86. The molecule has 0 aliphatic carbocycles. The number of aromatic nitrogens is 1. The molecule has 0 bridgehead atoms. The molecule has 1 aromatic heterocycles. The Bertz CT molecular complexity index is 633. The molecule has 23 heavy (non-hydrogen) atoms. The van der Waals surface area contributed by atoms with Gasteiger partial charge in [-0.2, -0.15) is 0 Å². The van der Waals surface area contributed by atoms with Crippen LogP contribution >= 0.6 is 0 Å². The predicted molar refractivity (Wildman–Crippen MR) is 86.8 cm³/mol. The van der Waals surface area contributed by atoms with E-state index in [4.69, 9.17) is 4.74 Å². The highest BCUT2D eigenvalue weighted by atomic mass is 32.2. The quantitative estimate of drug-likeness (QED) is 0.865. The fourth-order valence-corrected chi connectivity index (χ4v) is 5.44. The number of hydrogen-bond donors (Lipinski definition) is 1. The summed E-state index contributed by atoms with van der Waals surface area (Å²) in [6, 6.07) is 3.94. The highest BCUT2D eigenvalue weighted by Gasteiger charge is 2.36. The van der Waals surface area contributed by atoms with Gasteiger partial charge in [0.1, 0.15) is 0 Å². The molecule has 0 aromatic carbocycles. The summed E-state index contributed by atoms with van der Waals surface area (Å²) in [6.07, 6.45) is 6.69. The van der Waals surface area contributed by atoms with Crippen molar-refractivity contribution in [3.05, 3.63) is 24.5 Å². The number of hydrogen-bond acceptors (Lipinski definition) is 4. The number of carbonyl (C=O) groups excluding carboxylic acids is 1. The molecule has 0 saturated carbocycles. The third kappa shape index (κ3) is 3.95. The molecule has 2 aliphatic rings. The minimum absolute atomic E-state index is 0.00935. The van der Waals surface area contributed by atoms with Crippen molar-refractivity contribution in [3.63, 3.8) is 0 Å². The Kier molecular flexibility index (Phi) is 4.77. The summed E-state index contributed by atoms with van der Waals surface area (Å²) >= 11 is 0. The molecule has 1 N–H and O–H groups in total. The predicted octanol–water partition coefficient (Wildman–Crippen LogP) is 0.935. The summed E-state index contributed by atoms with van der Waals surface area (Å²) in [5.41, 5.74) is -0.229. The highest BCUT2D eigenvalue weighted by Crippen LogP contribution is 2.33. The van der Waals surface area contributed by atoms with Crippen LogP contribution < -0.4 is 5.32 Å². The monoisotopic (exact) mass is 340 g/mol. The van der Waals surface area contributed by atoms with Crippen LogP contribution in [-0.2, 0) is 24.9 Å². The second kappa shape index (κ2) is 6.65. The van der Waals surface area contributed by atoms with E-state index < -0.39 is 9.84 Å². The Morgan fingerprint density at radius 1 is 1.26 bits per heavy atom. The Labute approximate surface area is 137 Å². The molecule has 0 spiro atoms. The van der Waals surface area contributed by atoms with Crippen LogP contribution in [0, 0.1) is 5.92 Å². The number of carbonyl (C=O) groups is 1. The molecule has 1 aromatic rings. The first kappa shape index (κ1) is 16.5. The summed E-state index contributed by atoms with van der Waals surface area (Å²) in [5.74, 6) is 0.494. The van der Waals surface area contributed by atoms with Crippen molar-refractivity contribution in [3.8, 4) is 0 Å². The lowest BCUT2D eigenvalue weighted by molar-refractivity contribution is -0.124. The number of amides is 1. The van der Waals surface area contributed by atoms with E-state index in [-0.39, 0.29) is 28.9 Å². The van der Waals surface area contributed by atoms with E-state index in [1.54, 1.807) is 0 Å². The maximum absolute atomic E-state index is 12.4. The van der Waals surface area contributed by atoms with Crippen LogP contribution in [-0.4, -0.2) is 50.2 Å². The van der Waals surface area contributed by atoms with E-state index >= 15 is 0 Å². The fourth-order valence-electron chi connectivity index (χ4n) is 3.58. The van der Waals surface area contributed by atoms with Crippen LogP contribution in [0.25, 0.3) is 0 Å². The van der Waals surface area contributed by atoms with E-state index in [0.29, 0.717) is 32.6 Å². The van der Waals surface area contributed by atoms with Gasteiger partial charge in [0, 0.05) is 32.2 Å². The molecule has 128 valence electrons. The number of ether oxygens (including phenoxy) is 1. The van der Waals surface area contributed by atoms with E-state index in [9.17, 15) is 13.2 Å². The Hall–Kier alpha value is -1.34. The van der Waals surface area contributed by atoms with Gasteiger partial charge in [0.15, 0.2) is 9.84 Å². The molecule has 6 nitrogen and oxygen atoms in total. The van der Waals surface area contributed by atoms with Crippen LogP contribution in [0.4, 0.5) is 0 Å². The molecular formula is C16H24N2O4S. The summed E-state index contributed by atoms with van der Waals surface area (Å²) < 4.78 is 30.5. The topological polar surface area (TPSA) is 77.4 Å². The molecular weight excluding hydrogens is 316 g/mol. The second-order valence-corrected chi connectivity index (χ2v) is 8.91. The van der Waals surface area contributed by atoms with Gasteiger partial charge in [0.25, 0.3) is 0 Å². The van der Waals surface area contributed by atoms with Gasteiger partial charge in [0.05, 0.1) is 23.5 Å². The van der Waals surface area contributed by atoms with Crippen molar-refractivity contribution < 1.29 is 17.9 Å². The van der Waals surface area contributed by atoms with E-state index in [0.717, 1.165) is 12.8 Å². The first-order chi connectivity index (χ1) is 11.0. The fraction of sp³-hybridized carbons (Fsp3) is 0.688. The molecule has 0 unspecified atom stereocenters. The van der Waals surface area contributed by atoms with Crippen LogP contribution in [0.15, 0.2) is 24.5 Å². The van der Waals surface area contributed by atoms with Crippen molar-refractivity contribution in [2.45, 2.75) is 31.2 Å². The smallest absolute Gasteiger partial charge is 0.222 e. The minimum Gasteiger partial charge on any atom is -0.381 e. The van der Waals surface area contributed by atoms with Crippen LogP contribution in [0.5, 0.6) is 0 Å². The van der Waals surface area contributed by atoms with E-state index in [2.05, 4.69) is 9.88 Å². The number of sulfone groups is 1. The third-order valence-corrected chi connectivity index (χ3v) is 6.82. The molecule has 2 fully saturated rings. The molecule has 0 radical (unpaired) electrons.